The molecule has 1 atom stereocenters. The van der Waals surface area contributed by atoms with Crippen molar-refractivity contribution in [2.75, 3.05) is 0 Å². The second kappa shape index (κ2) is 4.38. The average Bonchev–Trinajstić information content (AvgIpc) is 2.75. The highest BCUT2D eigenvalue weighted by atomic mass is 32.1. The number of hydrogen-bond donors (Lipinski definition) is 1. The van der Waals surface area contributed by atoms with Gasteiger partial charge in [-0.05, 0) is 13.8 Å². The van der Waals surface area contributed by atoms with Crippen molar-refractivity contribution in [2.45, 2.75) is 26.3 Å². The van der Waals surface area contributed by atoms with E-state index in [0.717, 1.165) is 27.0 Å². The molecule has 5 heteroatoms. The van der Waals surface area contributed by atoms with Crippen LogP contribution in [0.5, 0.6) is 0 Å². The number of thiazole rings is 2. The molecule has 2 heterocycles. The molecule has 0 aliphatic rings. The van der Waals surface area contributed by atoms with E-state index in [2.05, 4.69) is 15.3 Å². The van der Waals surface area contributed by atoms with Gasteiger partial charge in [0.1, 0.15) is 0 Å². The molecular weight excluding hydrogens is 226 g/mol. The molecule has 2 rings (SSSR count). The molecule has 0 bridgehead atoms. The SMILES string of the molecule is Cc1nc(CC(N)c2cnc(C)s2)cs1. The molecule has 0 saturated carbocycles. The summed E-state index contributed by atoms with van der Waals surface area (Å²) >= 11 is 3.33. The summed E-state index contributed by atoms with van der Waals surface area (Å²) in [6.45, 7) is 4.00. The smallest absolute Gasteiger partial charge is 0.0897 e. The van der Waals surface area contributed by atoms with E-state index in [0.29, 0.717) is 0 Å². The summed E-state index contributed by atoms with van der Waals surface area (Å²) in [7, 11) is 0. The van der Waals surface area contributed by atoms with Crippen LogP contribution in [0, 0.1) is 13.8 Å². The minimum absolute atomic E-state index is 0.0256. The van der Waals surface area contributed by atoms with Crippen LogP contribution < -0.4 is 5.73 Å². The maximum atomic E-state index is 6.08. The Balaban J connectivity index is 2.06. The van der Waals surface area contributed by atoms with Crippen LogP contribution in [-0.4, -0.2) is 9.97 Å². The molecule has 2 N–H and O–H groups in total. The van der Waals surface area contributed by atoms with Crippen molar-refractivity contribution in [3.05, 3.63) is 32.2 Å². The van der Waals surface area contributed by atoms with Gasteiger partial charge in [-0.25, -0.2) is 9.97 Å². The summed E-state index contributed by atoms with van der Waals surface area (Å²) in [6, 6.07) is 0.0256. The predicted octanol–water partition coefficient (Wildman–Crippen LogP) is 2.46. The van der Waals surface area contributed by atoms with E-state index in [9.17, 15) is 0 Å². The third-order valence-corrected chi connectivity index (χ3v) is 3.97. The van der Waals surface area contributed by atoms with E-state index in [1.165, 1.54) is 0 Å². The minimum atomic E-state index is 0.0256. The molecule has 2 aromatic heterocycles. The summed E-state index contributed by atoms with van der Waals surface area (Å²) in [5, 5.41) is 4.23. The Morgan fingerprint density at radius 2 is 2.20 bits per heavy atom. The molecule has 0 saturated heterocycles. The fraction of sp³-hybridized carbons (Fsp3) is 0.400. The summed E-state index contributed by atoms with van der Waals surface area (Å²) in [4.78, 5) is 9.75. The summed E-state index contributed by atoms with van der Waals surface area (Å²) in [6.07, 6.45) is 2.66. The second-order valence-corrected chi connectivity index (χ2v) is 5.78. The molecule has 0 aliphatic carbocycles. The lowest BCUT2D eigenvalue weighted by Crippen LogP contribution is -2.11. The molecule has 15 heavy (non-hydrogen) atoms. The largest absolute Gasteiger partial charge is 0.323 e. The normalized spacial score (nSPS) is 13.0. The standard InChI is InChI=1S/C10H13N3S2/c1-6-12-4-10(15-6)9(11)3-8-5-14-7(2)13-8/h4-5,9H,3,11H2,1-2H3. The summed E-state index contributed by atoms with van der Waals surface area (Å²) in [5.74, 6) is 0. The van der Waals surface area contributed by atoms with Gasteiger partial charge >= 0.3 is 0 Å². The maximum absolute atomic E-state index is 6.08. The van der Waals surface area contributed by atoms with E-state index >= 15 is 0 Å². The Kier molecular flexibility index (Phi) is 3.14. The highest BCUT2D eigenvalue weighted by molar-refractivity contribution is 7.11. The van der Waals surface area contributed by atoms with Gasteiger partial charge in [-0.1, -0.05) is 0 Å². The first-order valence-corrected chi connectivity index (χ1v) is 6.43. The van der Waals surface area contributed by atoms with Gasteiger partial charge in [0.2, 0.25) is 0 Å². The van der Waals surface area contributed by atoms with Crippen molar-refractivity contribution in [1.82, 2.24) is 9.97 Å². The van der Waals surface area contributed by atoms with Crippen LogP contribution in [-0.2, 0) is 6.42 Å². The summed E-state index contributed by atoms with van der Waals surface area (Å²) < 4.78 is 0. The van der Waals surface area contributed by atoms with Crippen LogP contribution in [0.2, 0.25) is 0 Å². The van der Waals surface area contributed by atoms with Gasteiger partial charge in [-0.15, -0.1) is 22.7 Å². The fourth-order valence-corrected chi connectivity index (χ4v) is 2.79. The fourth-order valence-electron chi connectivity index (χ4n) is 1.38. The molecule has 0 spiro atoms. The quantitative estimate of drug-likeness (QED) is 0.895. The predicted molar refractivity (Wildman–Crippen MR) is 64.3 cm³/mol. The molecule has 0 fully saturated rings. The van der Waals surface area contributed by atoms with Gasteiger partial charge < -0.3 is 5.73 Å². The first-order chi connectivity index (χ1) is 7.15. The van der Waals surface area contributed by atoms with Crippen LogP contribution in [0.3, 0.4) is 0 Å². The zero-order chi connectivity index (χ0) is 10.8. The lowest BCUT2D eigenvalue weighted by molar-refractivity contribution is 0.720. The topological polar surface area (TPSA) is 51.8 Å². The van der Waals surface area contributed by atoms with Crippen molar-refractivity contribution in [3.63, 3.8) is 0 Å². The number of aromatic nitrogens is 2. The molecule has 80 valence electrons. The zero-order valence-corrected chi connectivity index (χ0v) is 10.4. The third kappa shape index (κ3) is 2.62. The first kappa shape index (κ1) is 10.7. The van der Waals surface area contributed by atoms with Gasteiger partial charge in [-0.3, -0.25) is 0 Å². The van der Waals surface area contributed by atoms with Crippen LogP contribution in [0.25, 0.3) is 0 Å². The van der Waals surface area contributed by atoms with Crippen molar-refractivity contribution >= 4 is 22.7 Å². The average molecular weight is 239 g/mol. The molecule has 0 aromatic carbocycles. The minimum Gasteiger partial charge on any atom is -0.323 e. The van der Waals surface area contributed by atoms with Gasteiger partial charge in [0.15, 0.2) is 0 Å². The number of nitrogens with two attached hydrogens (primary N) is 1. The van der Waals surface area contributed by atoms with Crippen molar-refractivity contribution in [1.29, 1.82) is 0 Å². The van der Waals surface area contributed by atoms with E-state index in [4.69, 9.17) is 5.73 Å². The van der Waals surface area contributed by atoms with Crippen LogP contribution in [0.4, 0.5) is 0 Å². The Labute approximate surface area is 97.0 Å². The summed E-state index contributed by atoms with van der Waals surface area (Å²) in [5.41, 5.74) is 7.16. The maximum Gasteiger partial charge on any atom is 0.0897 e. The highest BCUT2D eigenvalue weighted by Crippen LogP contribution is 2.22. The number of hydrogen-bond acceptors (Lipinski definition) is 5. The van der Waals surface area contributed by atoms with Crippen molar-refractivity contribution in [2.24, 2.45) is 5.73 Å². The molecule has 0 radical (unpaired) electrons. The Morgan fingerprint density at radius 3 is 2.73 bits per heavy atom. The molecule has 2 aromatic rings. The lowest BCUT2D eigenvalue weighted by atomic mass is 10.1. The van der Waals surface area contributed by atoms with Gasteiger partial charge in [0.25, 0.3) is 0 Å². The van der Waals surface area contributed by atoms with Crippen LogP contribution in [0.1, 0.15) is 26.6 Å². The van der Waals surface area contributed by atoms with Crippen LogP contribution in [0.15, 0.2) is 11.6 Å². The molecule has 3 nitrogen and oxygen atoms in total. The van der Waals surface area contributed by atoms with Gasteiger partial charge in [0.05, 0.1) is 15.7 Å². The zero-order valence-electron chi connectivity index (χ0n) is 8.73. The Hall–Kier alpha value is -0.780. The third-order valence-electron chi connectivity index (χ3n) is 2.10. The number of aryl methyl sites for hydroxylation is 2. The van der Waals surface area contributed by atoms with E-state index in [-0.39, 0.29) is 6.04 Å². The Morgan fingerprint density at radius 1 is 1.40 bits per heavy atom. The monoisotopic (exact) mass is 239 g/mol. The Bertz CT molecular complexity index is 447. The van der Waals surface area contributed by atoms with Crippen molar-refractivity contribution < 1.29 is 0 Å². The number of rotatable bonds is 3. The van der Waals surface area contributed by atoms with E-state index in [1.54, 1.807) is 22.7 Å². The lowest BCUT2D eigenvalue weighted by Gasteiger charge is -2.05. The van der Waals surface area contributed by atoms with Crippen LogP contribution >= 0.6 is 22.7 Å². The molecular formula is C10H13N3S2. The second-order valence-electron chi connectivity index (χ2n) is 3.45. The van der Waals surface area contributed by atoms with Crippen molar-refractivity contribution in [3.8, 4) is 0 Å². The molecule has 0 amide bonds. The molecule has 0 aliphatic heterocycles. The van der Waals surface area contributed by atoms with E-state index in [1.807, 2.05) is 20.0 Å². The highest BCUT2D eigenvalue weighted by Gasteiger charge is 2.11. The van der Waals surface area contributed by atoms with E-state index < -0.39 is 0 Å². The molecule has 1 unspecified atom stereocenters. The first-order valence-electron chi connectivity index (χ1n) is 4.74. The van der Waals surface area contributed by atoms with Gasteiger partial charge in [0, 0.05) is 28.9 Å². The van der Waals surface area contributed by atoms with Gasteiger partial charge in [-0.2, -0.15) is 0 Å². The number of nitrogens with zero attached hydrogens (tertiary/aromatic N) is 2.